The number of amides is 1. The van der Waals surface area contributed by atoms with Crippen LogP contribution in [0.25, 0.3) is 0 Å². The molecule has 2 aromatic rings. The fourth-order valence-corrected chi connectivity index (χ4v) is 5.38. The average molecular weight is 373 g/mol. The number of carbonyl (C=O) groups excluding carboxylic acids is 1. The van der Waals surface area contributed by atoms with E-state index in [4.69, 9.17) is 9.47 Å². The maximum absolute atomic E-state index is 13.4. The Morgan fingerprint density at radius 1 is 1.12 bits per heavy atom. The normalized spacial score (nSPS) is 20.6. The summed E-state index contributed by atoms with van der Waals surface area (Å²) in [5.74, 6) is 0.898. The van der Waals surface area contributed by atoms with Crippen LogP contribution in [0.4, 0.5) is 5.69 Å². The molecule has 0 saturated heterocycles. The smallest absolute Gasteiger partial charge is 0.231 e. The van der Waals surface area contributed by atoms with Gasteiger partial charge in [-0.2, -0.15) is 0 Å². The number of para-hydroxylation sites is 1. The van der Waals surface area contributed by atoms with Crippen LogP contribution in [-0.4, -0.2) is 27.7 Å². The number of benzene rings is 2. The van der Waals surface area contributed by atoms with Crippen LogP contribution in [0, 0.1) is 0 Å². The molecule has 2 aromatic carbocycles. The van der Waals surface area contributed by atoms with Gasteiger partial charge in [0.15, 0.2) is 21.3 Å². The molecule has 2 heterocycles. The summed E-state index contributed by atoms with van der Waals surface area (Å²) >= 11 is 0. The summed E-state index contributed by atoms with van der Waals surface area (Å²) in [6, 6.07) is 11.8. The molecule has 7 heteroatoms. The van der Waals surface area contributed by atoms with Crippen molar-refractivity contribution >= 4 is 21.4 Å². The van der Waals surface area contributed by atoms with Gasteiger partial charge < -0.3 is 14.4 Å². The van der Waals surface area contributed by atoms with Gasteiger partial charge in [0, 0.05) is 13.0 Å². The quantitative estimate of drug-likeness (QED) is 0.827. The number of rotatable bonds is 3. The lowest BCUT2D eigenvalue weighted by Gasteiger charge is -2.21. The molecule has 0 aliphatic carbocycles. The van der Waals surface area contributed by atoms with Crippen molar-refractivity contribution in [2.75, 3.05) is 18.2 Å². The predicted molar refractivity (Wildman–Crippen MR) is 96.2 cm³/mol. The lowest BCUT2D eigenvalue weighted by molar-refractivity contribution is -0.118. The molecule has 4 rings (SSSR count). The number of fused-ring (bicyclic) bond motifs is 2. The average Bonchev–Trinajstić information content (AvgIpc) is 3.08. The molecule has 0 radical (unpaired) electrons. The molecule has 0 saturated carbocycles. The highest BCUT2D eigenvalue weighted by atomic mass is 32.2. The largest absolute Gasteiger partial charge is 0.454 e. The molecular weight excluding hydrogens is 354 g/mol. The molecule has 1 amide bonds. The molecule has 0 fully saturated rings. The lowest BCUT2D eigenvalue weighted by atomic mass is 10.1. The molecule has 6 nitrogen and oxygen atoms in total. The summed E-state index contributed by atoms with van der Waals surface area (Å²) < 4.78 is 37.4. The Bertz CT molecular complexity index is 970. The van der Waals surface area contributed by atoms with Crippen molar-refractivity contribution in [2.24, 2.45) is 0 Å². The van der Waals surface area contributed by atoms with E-state index in [2.05, 4.69) is 0 Å². The van der Waals surface area contributed by atoms with Gasteiger partial charge in [0.1, 0.15) is 0 Å². The van der Waals surface area contributed by atoms with E-state index in [1.807, 2.05) is 6.92 Å². The Morgan fingerprint density at radius 2 is 1.88 bits per heavy atom. The van der Waals surface area contributed by atoms with Gasteiger partial charge in [-0.3, -0.25) is 4.79 Å². The summed E-state index contributed by atoms with van der Waals surface area (Å²) in [7, 11) is -3.73. The Kier molecular flexibility index (Phi) is 4.11. The van der Waals surface area contributed by atoms with E-state index in [1.165, 1.54) is 0 Å². The zero-order valence-electron chi connectivity index (χ0n) is 14.3. The summed E-state index contributed by atoms with van der Waals surface area (Å²) in [5, 5.41) is -0.951. The van der Waals surface area contributed by atoms with Crippen molar-refractivity contribution in [3.8, 4) is 11.5 Å². The van der Waals surface area contributed by atoms with Gasteiger partial charge in [-0.1, -0.05) is 25.1 Å². The molecule has 2 aliphatic rings. The second-order valence-electron chi connectivity index (χ2n) is 6.36. The van der Waals surface area contributed by atoms with E-state index in [-0.39, 0.29) is 24.0 Å². The molecule has 136 valence electrons. The zero-order chi connectivity index (χ0) is 18.3. The van der Waals surface area contributed by atoms with Gasteiger partial charge >= 0.3 is 0 Å². The molecule has 0 bridgehead atoms. The Balaban J connectivity index is 1.86. The molecule has 26 heavy (non-hydrogen) atoms. The van der Waals surface area contributed by atoms with Crippen LogP contribution in [-0.2, 0) is 14.6 Å². The van der Waals surface area contributed by atoms with Gasteiger partial charge in [-0.05, 0) is 36.2 Å². The van der Waals surface area contributed by atoms with Crippen LogP contribution in [0.3, 0.4) is 0 Å². The number of anilines is 1. The number of nitrogens with zero attached hydrogens (tertiary/aromatic N) is 1. The minimum absolute atomic E-state index is 0.101. The Labute approximate surface area is 152 Å². The molecule has 0 spiro atoms. The minimum Gasteiger partial charge on any atom is -0.454 e. The van der Waals surface area contributed by atoms with Crippen molar-refractivity contribution < 1.29 is 22.7 Å². The third-order valence-corrected chi connectivity index (χ3v) is 6.86. The number of carbonyl (C=O) groups is 1. The fourth-order valence-electron chi connectivity index (χ4n) is 3.47. The summed E-state index contributed by atoms with van der Waals surface area (Å²) in [6.45, 7) is 2.56. The molecule has 1 unspecified atom stereocenters. The van der Waals surface area contributed by atoms with Crippen molar-refractivity contribution in [3.05, 3.63) is 48.0 Å². The second kappa shape index (κ2) is 6.32. The van der Waals surface area contributed by atoms with E-state index in [0.29, 0.717) is 29.3 Å². The second-order valence-corrected chi connectivity index (χ2v) is 8.46. The topological polar surface area (TPSA) is 72.9 Å². The summed E-state index contributed by atoms with van der Waals surface area (Å²) in [5.41, 5.74) is 0.998. The van der Waals surface area contributed by atoms with Crippen LogP contribution in [0.2, 0.25) is 0 Å². The number of ether oxygens (including phenoxy) is 2. The van der Waals surface area contributed by atoms with Crippen LogP contribution < -0.4 is 14.4 Å². The molecule has 0 N–H and O–H groups in total. The number of hydrogen-bond donors (Lipinski definition) is 0. The van der Waals surface area contributed by atoms with Gasteiger partial charge in [0.25, 0.3) is 0 Å². The van der Waals surface area contributed by atoms with Crippen molar-refractivity contribution in [1.82, 2.24) is 0 Å². The lowest BCUT2D eigenvalue weighted by Crippen LogP contribution is -2.31. The van der Waals surface area contributed by atoms with Gasteiger partial charge in [-0.15, -0.1) is 0 Å². The predicted octanol–water partition coefficient (Wildman–Crippen LogP) is 3.08. The first kappa shape index (κ1) is 16.9. The third kappa shape index (κ3) is 2.63. The highest BCUT2D eigenvalue weighted by Crippen LogP contribution is 2.43. The monoisotopic (exact) mass is 373 g/mol. The van der Waals surface area contributed by atoms with Gasteiger partial charge in [0.2, 0.25) is 12.7 Å². The van der Waals surface area contributed by atoms with Crippen LogP contribution in [0.15, 0.2) is 47.4 Å². The van der Waals surface area contributed by atoms with E-state index in [0.717, 1.165) is 6.42 Å². The maximum atomic E-state index is 13.4. The van der Waals surface area contributed by atoms with Crippen LogP contribution in [0.5, 0.6) is 11.5 Å². The SMILES string of the molecule is CCCN1C(=O)CC(c2ccc3c(c2)OCO3)S(=O)(=O)c2ccccc21. The summed E-state index contributed by atoms with van der Waals surface area (Å²) in [4.78, 5) is 14.7. The van der Waals surface area contributed by atoms with E-state index < -0.39 is 15.1 Å². The Hall–Kier alpha value is -2.54. The molecule has 1 atom stereocenters. The fraction of sp³-hybridized carbons (Fsp3) is 0.316. The first-order valence-corrected chi connectivity index (χ1v) is 10.1. The highest BCUT2D eigenvalue weighted by Gasteiger charge is 2.39. The van der Waals surface area contributed by atoms with E-state index >= 15 is 0 Å². The maximum Gasteiger partial charge on any atom is 0.231 e. The van der Waals surface area contributed by atoms with Crippen LogP contribution >= 0.6 is 0 Å². The molecule has 2 aliphatic heterocycles. The van der Waals surface area contributed by atoms with E-state index in [1.54, 1.807) is 47.4 Å². The van der Waals surface area contributed by atoms with E-state index in [9.17, 15) is 13.2 Å². The zero-order valence-corrected chi connectivity index (χ0v) is 15.2. The third-order valence-electron chi connectivity index (χ3n) is 4.71. The highest BCUT2D eigenvalue weighted by molar-refractivity contribution is 7.92. The van der Waals surface area contributed by atoms with Crippen molar-refractivity contribution in [3.63, 3.8) is 0 Å². The summed E-state index contributed by atoms with van der Waals surface area (Å²) in [6.07, 6.45) is 0.644. The molecule has 0 aromatic heterocycles. The number of sulfone groups is 1. The minimum atomic E-state index is -3.73. The first-order valence-electron chi connectivity index (χ1n) is 8.55. The Morgan fingerprint density at radius 3 is 2.69 bits per heavy atom. The number of hydrogen-bond acceptors (Lipinski definition) is 5. The van der Waals surface area contributed by atoms with Crippen LogP contribution in [0.1, 0.15) is 30.6 Å². The van der Waals surface area contributed by atoms with Gasteiger partial charge in [-0.25, -0.2) is 8.42 Å². The van der Waals surface area contributed by atoms with Crippen molar-refractivity contribution in [2.45, 2.75) is 29.9 Å². The standard InChI is InChI=1S/C19H19NO5S/c1-2-9-20-14-5-3-4-6-17(14)26(22,23)18(11-19(20)21)13-7-8-15-16(10-13)25-12-24-15/h3-8,10,18H,2,9,11-12H2,1H3. The van der Waals surface area contributed by atoms with Gasteiger partial charge in [0.05, 0.1) is 15.8 Å². The van der Waals surface area contributed by atoms with Crippen molar-refractivity contribution in [1.29, 1.82) is 0 Å². The molecular formula is C19H19NO5S. The first-order chi connectivity index (χ1) is 12.5.